The van der Waals surface area contributed by atoms with E-state index in [1.54, 1.807) is 13.2 Å². The molecule has 2 aromatic rings. The first-order chi connectivity index (χ1) is 12.1. The number of nitriles is 1. The van der Waals surface area contributed by atoms with Crippen LogP contribution in [0.5, 0.6) is 5.75 Å². The van der Waals surface area contributed by atoms with Crippen LogP contribution in [0.1, 0.15) is 29.0 Å². The van der Waals surface area contributed by atoms with E-state index in [4.69, 9.17) is 10.00 Å². The number of hydrogen-bond donors (Lipinski definition) is 3. The molecule has 0 spiro atoms. The van der Waals surface area contributed by atoms with Gasteiger partial charge in [-0.1, -0.05) is 24.3 Å². The molecule has 0 amide bonds. The smallest absolute Gasteiger partial charge is 0.118 e. The van der Waals surface area contributed by atoms with Gasteiger partial charge in [-0.15, -0.1) is 0 Å². The van der Waals surface area contributed by atoms with Crippen LogP contribution in [0.25, 0.3) is 0 Å². The number of ether oxygens (including phenoxy) is 1. The van der Waals surface area contributed by atoms with Gasteiger partial charge in [0, 0.05) is 18.5 Å². The number of methoxy groups -OCH3 is 1. The standard InChI is InChI=1S/C20H22N2O3/c1-25-16-7-5-15(6-8-16)17-10-18(23)20(24)19(17)22-12-14-4-2-3-13(9-14)11-21/h2-9,17-20,22-24H,10,12H2,1H3. The van der Waals surface area contributed by atoms with Crippen LogP contribution < -0.4 is 10.1 Å². The van der Waals surface area contributed by atoms with Crippen molar-refractivity contribution in [1.29, 1.82) is 5.26 Å². The highest BCUT2D eigenvalue weighted by Crippen LogP contribution is 2.36. The lowest BCUT2D eigenvalue weighted by Gasteiger charge is -2.24. The third-order valence-corrected chi connectivity index (χ3v) is 4.83. The van der Waals surface area contributed by atoms with E-state index in [1.807, 2.05) is 42.5 Å². The first-order valence-corrected chi connectivity index (χ1v) is 8.35. The summed E-state index contributed by atoms with van der Waals surface area (Å²) >= 11 is 0. The topological polar surface area (TPSA) is 85.5 Å². The van der Waals surface area contributed by atoms with Crippen molar-refractivity contribution in [3.63, 3.8) is 0 Å². The number of nitrogens with one attached hydrogen (secondary N) is 1. The molecule has 2 aromatic carbocycles. The van der Waals surface area contributed by atoms with Gasteiger partial charge in [0.2, 0.25) is 0 Å². The Morgan fingerprint density at radius 2 is 1.96 bits per heavy atom. The van der Waals surface area contributed by atoms with Gasteiger partial charge in [0.15, 0.2) is 0 Å². The Morgan fingerprint density at radius 1 is 1.20 bits per heavy atom. The molecule has 0 saturated heterocycles. The summed E-state index contributed by atoms with van der Waals surface area (Å²) in [6.07, 6.45) is -1.08. The minimum Gasteiger partial charge on any atom is -0.497 e. The van der Waals surface area contributed by atoms with Gasteiger partial charge in [-0.25, -0.2) is 0 Å². The zero-order valence-electron chi connectivity index (χ0n) is 14.1. The molecule has 5 nitrogen and oxygen atoms in total. The van der Waals surface area contributed by atoms with E-state index in [0.717, 1.165) is 16.9 Å². The SMILES string of the molecule is COc1ccc(C2CC(O)C(O)C2NCc2cccc(C#N)c2)cc1. The molecule has 25 heavy (non-hydrogen) atoms. The van der Waals surface area contributed by atoms with E-state index < -0.39 is 12.2 Å². The molecule has 3 rings (SSSR count). The van der Waals surface area contributed by atoms with Gasteiger partial charge in [-0.05, 0) is 41.8 Å². The van der Waals surface area contributed by atoms with Crippen LogP contribution in [0.15, 0.2) is 48.5 Å². The van der Waals surface area contributed by atoms with Crippen LogP contribution in [-0.4, -0.2) is 35.6 Å². The summed E-state index contributed by atoms with van der Waals surface area (Å²) in [4.78, 5) is 0. The van der Waals surface area contributed by atoms with Crippen LogP contribution in [0.4, 0.5) is 0 Å². The van der Waals surface area contributed by atoms with Crippen LogP contribution in [0, 0.1) is 11.3 Å². The summed E-state index contributed by atoms with van der Waals surface area (Å²) in [6, 6.07) is 17.0. The molecule has 1 aliphatic rings. The predicted molar refractivity (Wildman–Crippen MR) is 94.2 cm³/mol. The molecule has 0 heterocycles. The highest BCUT2D eigenvalue weighted by Gasteiger charge is 2.41. The lowest BCUT2D eigenvalue weighted by Crippen LogP contribution is -2.41. The molecule has 0 bridgehead atoms. The zero-order valence-corrected chi connectivity index (χ0v) is 14.1. The van der Waals surface area contributed by atoms with Gasteiger partial charge < -0.3 is 20.3 Å². The van der Waals surface area contributed by atoms with Crippen LogP contribution in [0.3, 0.4) is 0 Å². The molecule has 0 radical (unpaired) electrons. The van der Waals surface area contributed by atoms with Crippen LogP contribution in [0.2, 0.25) is 0 Å². The predicted octanol–water partition coefficient (Wildman–Crippen LogP) is 1.93. The number of aliphatic hydroxyl groups excluding tert-OH is 2. The lowest BCUT2D eigenvalue weighted by atomic mass is 9.93. The molecular formula is C20H22N2O3. The number of rotatable bonds is 5. The molecule has 0 aromatic heterocycles. The summed E-state index contributed by atoms with van der Waals surface area (Å²) in [5, 5.41) is 32.9. The van der Waals surface area contributed by atoms with E-state index in [-0.39, 0.29) is 12.0 Å². The average Bonchev–Trinajstić information content (AvgIpc) is 2.94. The molecule has 1 saturated carbocycles. The van der Waals surface area contributed by atoms with Crippen molar-refractivity contribution < 1.29 is 14.9 Å². The molecule has 1 fully saturated rings. The molecule has 3 N–H and O–H groups in total. The largest absolute Gasteiger partial charge is 0.497 e. The van der Waals surface area contributed by atoms with Gasteiger partial charge in [-0.2, -0.15) is 5.26 Å². The normalized spacial score (nSPS) is 25.5. The Bertz CT molecular complexity index is 754. The second-order valence-electron chi connectivity index (χ2n) is 6.39. The fourth-order valence-corrected chi connectivity index (χ4v) is 3.47. The number of aliphatic hydroxyl groups is 2. The van der Waals surface area contributed by atoms with E-state index in [2.05, 4.69) is 11.4 Å². The number of hydrogen-bond acceptors (Lipinski definition) is 5. The third kappa shape index (κ3) is 3.83. The third-order valence-electron chi connectivity index (χ3n) is 4.83. The van der Waals surface area contributed by atoms with Crippen molar-refractivity contribution >= 4 is 0 Å². The van der Waals surface area contributed by atoms with Crippen molar-refractivity contribution in [2.45, 2.75) is 37.1 Å². The summed E-state index contributed by atoms with van der Waals surface area (Å²) < 4.78 is 5.19. The fraction of sp³-hybridized carbons (Fsp3) is 0.350. The fourth-order valence-electron chi connectivity index (χ4n) is 3.47. The van der Waals surface area contributed by atoms with Crippen molar-refractivity contribution in [3.05, 3.63) is 65.2 Å². The molecule has 130 valence electrons. The summed E-state index contributed by atoms with van der Waals surface area (Å²) in [7, 11) is 1.62. The Balaban J connectivity index is 1.75. The van der Waals surface area contributed by atoms with Gasteiger partial charge in [0.1, 0.15) is 5.75 Å². The average molecular weight is 338 g/mol. The van der Waals surface area contributed by atoms with Gasteiger partial charge in [0.25, 0.3) is 0 Å². The molecule has 0 aliphatic heterocycles. The van der Waals surface area contributed by atoms with Gasteiger partial charge >= 0.3 is 0 Å². The number of benzene rings is 2. The van der Waals surface area contributed by atoms with Crippen molar-refractivity contribution in [1.82, 2.24) is 5.32 Å². The maximum atomic E-state index is 10.4. The van der Waals surface area contributed by atoms with E-state index >= 15 is 0 Å². The summed E-state index contributed by atoms with van der Waals surface area (Å²) in [5.41, 5.74) is 2.64. The highest BCUT2D eigenvalue weighted by atomic mass is 16.5. The zero-order chi connectivity index (χ0) is 17.8. The molecule has 1 aliphatic carbocycles. The summed E-state index contributed by atoms with van der Waals surface area (Å²) in [5.74, 6) is 0.788. The second-order valence-corrected chi connectivity index (χ2v) is 6.39. The Morgan fingerprint density at radius 3 is 2.64 bits per heavy atom. The van der Waals surface area contributed by atoms with Gasteiger partial charge in [0.05, 0.1) is 31.0 Å². The first kappa shape index (κ1) is 17.4. The maximum Gasteiger partial charge on any atom is 0.118 e. The van der Waals surface area contributed by atoms with E-state index in [9.17, 15) is 10.2 Å². The van der Waals surface area contributed by atoms with Gasteiger partial charge in [-0.3, -0.25) is 0 Å². The first-order valence-electron chi connectivity index (χ1n) is 8.35. The van der Waals surface area contributed by atoms with E-state index in [1.165, 1.54) is 0 Å². The molecule has 4 unspecified atom stereocenters. The molecule has 5 heteroatoms. The molecule has 4 atom stereocenters. The van der Waals surface area contributed by atoms with Crippen molar-refractivity contribution in [2.24, 2.45) is 0 Å². The quantitative estimate of drug-likeness (QED) is 0.776. The second kappa shape index (κ2) is 7.66. The molecular weight excluding hydrogens is 316 g/mol. The Kier molecular flexibility index (Phi) is 5.34. The van der Waals surface area contributed by atoms with Crippen LogP contribution in [-0.2, 0) is 6.54 Å². The van der Waals surface area contributed by atoms with Crippen LogP contribution >= 0.6 is 0 Å². The van der Waals surface area contributed by atoms with E-state index in [0.29, 0.717) is 18.5 Å². The monoisotopic (exact) mass is 338 g/mol. The lowest BCUT2D eigenvalue weighted by molar-refractivity contribution is 0.0297. The Labute approximate surface area is 147 Å². The van der Waals surface area contributed by atoms with Crippen molar-refractivity contribution in [2.75, 3.05) is 7.11 Å². The van der Waals surface area contributed by atoms with Crippen molar-refractivity contribution in [3.8, 4) is 11.8 Å². The Hall–Kier alpha value is -2.39. The summed E-state index contributed by atoms with van der Waals surface area (Å²) in [6.45, 7) is 0.524. The minimum atomic E-state index is -0.828. The maximum absolute atomic E-state index is 10.4. The minimum absolute atomic E-state index is 0.00931. The highest BCUT2D eigenvalue weighted by molar-refractivity contribution is 5.34. The number of nitrogens with zero attached hydrogens (tertiary/aromatic N) is 1.